The quantitative estimate of drug-likeness (QED) is 0.567. The van der Waals surface area contributed by atoms with E-state index < -0.39 is 16.6 Å². The fourth-order valence-electron chi connectivity index (χ4n) is 2.78. The first kappa shape index (κ1) is 15.2. The molecule has 2 unspecified atom stereocenters. The van der Waals surface area contributed by atoms with Gasteiger partial charge < -0.3 is 15.5 Å². The van der Waals surface area contributed by atoms with Gasteiger partial charge in [0.2, 0.25) is 0 Å². The van der Waals surface area contributed by atoms with E-state index in [-0.39, 0.29) is 24.1 Å². The lowest BCUT2D eigenvalue weighted by Crippen LogP contribution is -2.34. The van der Waals surface area contributed by atoms with Crippen LogP contribution >= 0.6 is 0 Å². The molecule has 0 spiro atoms. The van der Waals surface area contributed by atoms with Gasteiger partial charge in [0.05, 0.1) is 4.92 Å². The standard InChI is InChI=1S/C14H18N2O5/c17-8-9-3-1-2-4-12(9)15-10-5-6-11(14(18)19)13(7-10)16(20)21/h5-7,9,12,15,17H,1-4,8H2,(H,18,19). The number of carboxylic acids is 1. The highest BCUT2D eigenvalue weighted by Gasteiger charge is 2.26. The molecule has 0 aromatic heterocycles. The molecule has 21 heavy (non-hydrogen) atoms. The lowest BCUT2D eigenvalue weighted by atomic mass is 9.85. The first-order valence-corrected chi connectivity index (χ1v) is 6.92. The second kappa shape index (κ2) is 6.53. The number of aliphatic hydroxyl groups excluding tert-OH is 1. The van der Waals surface area contributed by atoms with Crippen LogP contribution in [0.5, 0.6) is 0 Å². The first-order chi connectivity index (χ1) is 10.0. The molecule has 1 saturated carbocycles. The van der Waals surface area contributed by atoms with Crippen LogP contribution in [-0.4, -0.2) is 33.8 Å². The number of aliphatic hydroxyl groups is 1. The maximum atomic E-state index is 11.0. The summed E-state index contributed by atoms with van der Waals surface area (Å²) in [6, 6.07) is 4.06. The van der Waals surface area contributed by atoms with Crippen molar-refractivity contribution in [2.24, 2.45) is 5.92 Å². The maximum Gasteiger partial charge on any atom is 0.342 e. The molecule has 1 aliphatic carbocycles. The number of rotatable bonds is 5. The van der Waals surface area contributed by atoms with E-state index in [1.54, 1.807) is 0 Å². The number of carbonyl (C=O) groups is 1. The van der Waals surface area contributed by atoms with Gasteiger partial charge in [0.25, 0.3) is 5.69 Å². The molecule has 0 bridgehead atoms. The second-order valence-electron chi connectivity index (χ2n) is 5.27. The van der Waals surface area contributed by atoms with E-state index in [0.29, 0.717) is 5.69 Å². The van der Waals surface area contributed by atoms with Crippen molar-refractivity contribution in [2.45, 2.75) is 31.7 Å². The Morgan fingerprint density at radius 2 is 2.10 bits per heavy atom. The fourth-order valence-corrected chi connectivity index (χ4v) is 2.78. The molecular formula is C14H18N2O5. The zero-order chi connectivity index (χ0) is 15.4. The Hall–Kier alpha value is -2.15. The number of hydrogen-bond donors (Lipinski definition) is 3. The summed E-state index contributed by atoms with van der Waals surface area (Å²) in [4.78, 5) is 21.2. The third kappa shape index (κ3) is 3.49. The summed E-state index contributed by atoms with van der Waals surface area (Å²) in [5, 5.41) is 32.5. The molecule has 2 atom stereocenters. The molecule has 0 heterocycles. The Morgan fingerprint density at radius 1 is 1.38 bits per heavy atom. The van der Waals surface area contributed by atoms with E-state index >= 15 is 0 Å². The molecule has 0 amide bonds. The van der Waals surface area contributed by atoms with Gasteiger partial charge in [-0.25, -0.2) is 4.79 Å². The summed E-state index contributed by atoms with van der Waals surface area (Å²) >= 11 is 0. The number of nitrogens with one attached hydrogen (secondary N) is 1. The van der Waals surface area contributed by atoms with Crippen LogP contribution in [-0.2, 0) is 0 Å². The Morgan fingerprint density at radius 3 is 2.71 bits per heavy atom. The van der Waals surface area contributed by atoms with Crippen molar-refractivity contribution >= 4 is 17.3 Å². The topological polar surface area (TPSA) is 113 Å². The van der Waals surface area contributed by atoms with Crippen LogP contribution < -0.4 is 5.32 Å². The van der Waals surface area contributed by atoms with Crippen LogP contribution in [0.2, 0.25) is 0 Å². The third-order valence-corrected chi connectivity index (χ3v) is 3.92. The van der Waals surface area contributed by atoms with Crippen molar-refractivity contribution in [1.82, 2.24) is 0 Å². The summed E-state index contributed by atoms with van der Waals surface area (Å²) in [5.74, 6) is -1.20. The van der Waals surface area contributed by atoms with E-state index in [1.165, 1.54) is 18.2 Å². The largest absolute Gasteiger partial charge is 0.477 e. The highest BCUT2D eigenvalue weighted by Crippen LogP contribution is 2.29. The number of carboxylic acid groups (broad SMARTS) is 1. The van der Waals surface area contributed by atoms with Gasteiger partial charge in [0, 0.05) is 30.3 Å². The van der Waals surface area contributed by atoms with Crippen LogP contribution in [0.25, 0.3) is 0 Å². The van der Waals surface area contributed by atoms with Gasteiger partial charge in [-0.2, -0.15) is 0 Å². The molecular weight excluding hydrogens is 276 g/mol. The molecule has 1 aliphatic rings. The minimum absolute atomic E-state index is 0.0547. The average molecular weight is 294 g/mol. The Bertz CT molecular complexity index is 546. The highest BCUT2D eigenvalue weighted by atomic mass is 16.6. The predicted octanol–water partition coefficient (Wildman–Crippen LogP) is 2.26. The summed E-state index contributed by atoms with van der Waals surface area (Å²) < 4.78 is 0. The lowest BCUT2D eigenvalue weighted by Gasteiger charge is -2.31. The number of nitro benzene ring substituents is 1. The summed E-state index contributed by atoms with van der Waals surface area (Å²) in [6.07, 6.45) is 3.92. The Kier molecular flexibility index (Phi) is 4.74. The molecule has 3 N–H and O–H groups in total. The highest BCUT2D eigenvalue weighted by molar-refractivity contribution is 5.93. The molecule has 0 saturated heterocycles. The third-order valence-electron chi connectivity index (χ3n) is 3.92. The molecule has 0 radical (unpaired) electrons. The average Bonchev–Trinajstić information content (AvgIpc) is 2.47. The molecule has 1 aromatic carbocycles. The van der Waals surface area contributed by atoms with Crippen LogP contribution in [0.1, 0.15) is 36.0 Å². The van der Waals surface area contributed by atoms with Crippen molar-refractivity contribution in [1.29, 1.82) is 0 Å². The fraction of sp³-hybridized carbons (Fsp3) is 0.500. The summed E-state index contributed by atoms with van der Waals surface area (Å²) in [7, 11) is 0. The number of benzene rings is 1. The van der Waals surface area contributed by atoms with Gasteiger partial charge in [0.1, 0.15) is 5.56 Å². The first-order valence-electron chi connectivity index (χ1n) is 6.92. The normalized spacial score (nSPS) is 21.8. The number of nitro groups is 1. The van der Waals surface area contributed by atoms with Crippen molar-refractivity contribution in [3.05, 3.63) is 33.9 Å². The number of hydrogen-bond acceptors (Lipinski definition) is 5. The molecule has 1 aromatic rings. The van der Waals surface area contributed by atoms with E-state index in [9.17, 15) is 20.0 Å². The minimum atomic E-state index is -1.32. The Balaban J connectivity index is 2.22. The van der Waals surface area contributed by atoms with Crippen LogP contribution in [0.4, 0.5) is 11.4 Å². The summed E-state index contributed by atoms with van der Waals surface area (Å²) in [5.41, 5.74) is -0.242. The molecule has 2 rings (SSSR count). The number of anilines is 1. The van der Waals surface area contributed by atoms with E-state index in [4.69, 9.17) is 5.11 Å². The van der Waals surface area contributed by atoms with Gasteiger partial charge in [-0.3, -0.25) is 10.1 Å². The minimum Gasteiger partial charge on any atom is -0.477 e. The smallest absolute Gasteiger partial charge is 0.342 e. The van der Waals surface area contributed by atoms with Crippen LogP contribution in [0.3, 0.4) is 0 Å². The van der Waals surface area contributed by atoms with E-state index in [0.717, 1.165) is 25.7 Å². The van der Waals surface area contributed by atoms with Crippen LogP contribution in [0, 0.1) is 16.0 Å². The van der Waals surface area contributed by atoms with Gasteiger partial charge in [0.15, 0.2) is 0 Å². The zero-order valence-corrected chi connectivity index (χ0v) is 11.5. The van der Waals surface area contributed by atoms with Gasteiger partial charge >= 0.3 is 5.97 Å². The van der Waals surface area contributed by atoms with Crippen molar-refractivity contribution in [3.63, 3.8) is 0 Å². The number of aromatic carboxylic acids is 1. The monoisotopic (exact) mass is 294 g/mol. The lowest BCUT2D eigenvalue weighted by molar-refractivity contribution is -0.385. The number of nitrogens with zero attached hydrogens (tertiary/aromatic N) is 1. The maximum absolute atomic E-state index is 11.0. The van der Waals surface area contributed by atoms with Crippen molar-refractivity contribution < 1.29 is 19.9 Å². The van der Waals surface area contributed by atoms with Crippen molar-refractivity contribution in [2.75, 3.05) is 11.9 Å². The van der Waals surface area contributed by atoms with Gasteiger partial charge in [-0.15, -0.1) is 0 Å². The van der Waals surface area contributed by atoms with Gasteiger partial charge in [-0.05, 0) is 25.0 Å². The zero-order valence-electron chi connectivity index (χ0n) is 11.5. The molecule has 1 fully saturated rings. The molecule has 7 nitrogen and oxygen atoms in total. The Labute approximate surface area is 121 Å². The SMILES string of the molecule is O=C(O)c1ccc(NC2CCCCC2CO)cc1[N+](=O)[O-]. The van der Waals surface area contributed by atoms with E-state index in [2.05, 4.69) is 5.32 Å². The summed E-state index contributed by atoms with van der Waals surface area (Å²) in [6.45, 7) is 0.0764. The predicted molar refractivity (Wildman–Crippen MR) is 76.5 cm³/mol. The second-order valence-corrected chi connectivity index (χ2v) is 5.27. The molecule has 114 valence electrons. The van der Waals surface area contributed by atoms with Gasteiger partial charge in [-0.1, -0.05) is 12.8 Å². The molecule has 0 aliphatic heterocycles. The van der Waals surface area contributed by atoms with Crippen LogP contribution in [0.15, 0.2) is 18.2 Å². The molecule has 7 heteroatoms. The van der Waals surface area contributed by atoms with Crippen molar-refractivity contribution in [3.8, 4) is 0 Å². The van der Waals surface area contributed by atoms with E-state index in [1.807, 2.05) is 0 Å².